The number of anilines is 1. The van der Waals surface area contributed by atoms with Crippen molar-refractivity contribution < 1.29 is 18.0 Å². The molecule has 0 aliphatic heterocycles. The molecule has 0 bridgehead atoms. The summed E-state index contributed by atoms with van der Waals surface area (Å²) in [6.45, 7) is 5.88. The minimum absolute atomic E-state index is 0.0323. The first kappa shape index (κ1) is 23.9. The van der Waals surface area contributed by atoms with E-state index in [-0.39, 0.29) is 18.5 Å². The molecule has 2 aromatic carbocycles. The van der Waals surface area contributed by atoms with Gasteiger partial charge < -0.3 is 9.88 Å². The van der Waals surface area contributed by atoms with Crippen molar-refractivity contribution in [3.8, 4) is 11.4 Å². The Morgan fingerprint density at radius 1 is 1.14 bits per heavy atom. The topological polar surface area (TPSA) is 81.3 Å². The van der Waals surface area contributed by atoms with E-state index >= 15 is 0 Å². The molecule has 1 N–H and O–H groups in total. The lowest BCUT2D eigenvalue weighted by atomic mass is 10.1. The van der Waals surface area contributed by atoms with E-state index in [0.29, 0.717) is 29.4 Å². The number of nitrogens with one attached hydrogen (secondary N) is 1. The molecular weight excluding hydrogens is 459 g/mol. The molecule has 0 saturated carbocycles. The number of alkyl halides is 3. The molecule has 0 fully saturated rings. The van der Waals surface area contributed by atoms with Crippen LogP contribution < -0.4 is 10.9 Å². The van der Waals surface area contributed by atoms with Crippen molar-refractivity contribution >= 4 is 17.4 Å². The third-order valence-corrected chi connectivity index (χ3v) is 5.54. The highest BCUT2D eigenvalue weighted by Crippen LogP contribution is 2.30. The van der Waals surface area contributed by atoms with Crippen LogP contribution >= 0.6 is 0 Å². The Bertz CT molecular complexity index is 1460. The number of halogens is 3. The summed E-state index contributed by atoms with van der Waals surface area (Å²) in [5.41, 5.74) is 0.498. The fourth-order valence-electron chi connectivity index (χ4n) is 3.79. The molecular formula is C25H22F3N5O2. The molecule has 4 aromatic rings. The number of fused-ring (bicyclic) bond motifs is 1. The quantitative estimate of drug-likeness (QED) is 0.390. The zero-order valence-electron chi connectivity index (χ0n) is 18.8. The lowest BCUT2D eigenvalue weighted by Crippen LogP contribution is -2.27. The van der Waals surface area contributed by atoms with Crippen molar-refractivity contribution in [3.63, 3.8) is 0 Å². The fourth-order valence-corrected chi connectivity index (χ4v) is 3.79. The van der Waals surface area contributed by atoms with Gasteiger partial charge in [0.1, 0.15) is 0 Å². The Morgan fingerprint density at radius 3 is 2.57 bits per heavy atom. The molecule has 180 valence electrons. The Hall–Kier alpha value is -4.21. The van der Waals surface area contributed by atoms with Gasteiger partial charge in [-0.3, -0.25) is 9.59 Å². The number of benzene rings is 2. The van der Waals surface area contributed by atoms with Crippen molar-refractivity contribution in [3.05, 3.63) is 94.4 Å². The average molecular weight is 481 g/mol. The summed E-state index contributed by atoms with van der Waals surface area (Å²) in [6, 6.07) is 13.6. The highest BCUT2D eigenvalue weighted by molar-refractivity contribution is 5.90. The monoisotopic (exact) mass is 481 g/mol. The minimum atomic E-state index is -4.51. The van der Waals surface area contributed by atoms with Gasteiger partial charge in [0.2, 0.25) is 11.7 Å². The van der Waals surface area contributed by atoms with Crippen LogP contribution in [0.5, 0.6) is 0 Å². The molecule has 0 aliphatic rings. The maximum atomic E-state index is 13.2. The molecule has 0 spiro atoms. The summed E-state index contributed by atoms with van der Waals surface area (Å²) in [5.74, 6) is 0.227. The van der Waals surface area contributed by atoms with E-state index < -0.39 is 23.2 Å². The molecule has 0 aliphatic carbocycles. The van der Waals surface area contributed by atoms with Gasteiger partial charge in [-0.2, -0.15) is 22.7 Å². The van der Waals surface area contributed by atoms with Crippen molar-refractivity contribution in [1.82, 2.24) is 19.2 Å². The predicted molar refractivity (Wildman–Crippen MR) is 126 cm³/mol. The molecule has 4 rings (SSSR count). The summed E-state index contributed by atoms with van der Waals surface area (Å²) in [5, 5.41) is 6.85. The maximum Gasteiger partial charge on any atom is 0.416 e. The largest absolute Gasteiger partial charge is 0.416 e. The van der Waals surface area contributed by atoms with Crippen molar-refractivity contribution in [1.29, 1.82) is 0 Å². The van der Waals surface area contributed by atoms with Gasteiger partial charge >= 0.3 is 6.18 Å². The van der Waals surface area contributed by atoms with Crippen LogP contribution in [0.15, 0.2) is 72.0 Å². The van der Waals surface area contributed by atoms with E-state index in [1.807, 2.05) is 30.3 Å². The van der Waals surface area contributed by atoms with Gasteiger partial charge in [-0.1, -0.05) is 42.5 Å². The van der Waals surface area contributed by atoms with Gasteiger partial charge in [-0.15, -0.1) is 11.7 Å². The number of allylic oxidation sites excluding steroid dienone is 1. The van der Waals surface area contributed by atoms with E-state index in [1.165, 1.54) is 16.6 Å². The lowest BCUT2D eigenvalue weighted by molar-refractivity contribution is -0.137. The third kappa shape index (κ3) is 5.01. The SMILES string of the molecule is C=CCn1c(C)c(CCC(=O)Nc2cccc(C(F)(F)F)c2)c(=O)n2nc(-c3ccccc3)nc12. The van der Waals surface area contributed by atoms with Gasteiger partial charge in [0.15, 0.2) is 5.82 Å². The Labute approximate surface area is 198 Å². The molecule has 0 saturated heterocycles. The molecule has 0 radical (unpaired) electrons. The predicted octanol–water partition coefficient (Wildman–Crippen LogP) is 4.64. The summed E-state index contributed by atoms with van der Waals surface area (Å²) in [6.07, 6.45) is -2.88. The number of aromatic nitrogens is 4. The van der Waals surface area contributed by atoms with Gasteiger partial charge in [0.05, 0.1) is 5.56 Å². The van der Waals surface area contributed by atoms with E-state index in [2.05, 4.69) is 22.0 Å². The van der Waals surface area contributed by atoms with Crippen LogP contribution in [0.4, 0.5) is 18.9 Å². The zero-order chi connectivity index (χ0) is 25.2. The molecule has 1 amide bonds. The average Bonchev–Trinajstić information content (AvgIpc) is 3.28. The third-order valence-electron chi connectivity index (χ3n) is 5.54. The van der Waals surface area contributed by atoms with Crippen molar-refractivity contribution in [2.75, 3.05) is 5.32 Å². The number of nitrogens with zero attached hydrogens (tertiary/aromatic N) is 4. The Balaban J connectivity index is 1.62. The van der Waals surface area contributed by atoms with E-state index in [4.69, 9.17) is 0 Å². The second-order valence-electron chi connectivity index (χ2n) is 7.91. The normalized spacial score (nSPS) is 11.5. The number of hydrogen-bond acceptors (Lipinski definition) is 4. The van der Waals surface area contributed by atoms with Crippen LogP contribution in [0.25, 0.3) is 17.2 Å². The van der Waals surface area contributed by atoms with Crippen LogP contribution in [0, 0.1) is 6.92 Å². The standard InChI is InChI=1S/C25H22F3N5O2/c1-3-14-32-16(2)20(12-13-21(34)29-19-11-7-10-18(15-19)25(26,27)28)23(35)33-24(32)30-22(31-33)17-8-5-4-6-9-17/h3-11,15H,1,12-14H2,2H3,(H,29,34). The van der Waals surface area contributed by atoms with Gasteiger partial charge in [0.25, 0.3) is 5.56 Å². The molecule has 0 unspecified atom stereocenters. The van der Waals surface area contributed by atoms with E-state index in [1.54, 1.807) is 17.6 Å². The summed E-state index contributed by atoms with van der Waals surface area (Å²) in [4.78, 5) is 30.3. The molecule has 10 heteroatoms. The van der Waals surface area contributed by atoms with Crippen molar-refractivity contribution in [2.45, 2.75) is 32.5 Å². The van der Waals surface area contributed by atoms with E-state index in [9.17, 15) is 22.8 Å². The Kier molecular flexibility index (Phi) is 6.54. The van der Waals surface area contributed by atoms with Crippen LogP contribution in [-0.2, 0) is 23.9 Å². The highest BCUT2D eigenvalue weighted by atomic mass is 19.4. The first-order valence-electron chi connectivity index (χ1n) is 10.8. The molecule has 0 atom stereocenters. The van der Waals surface area contributed by atoms with Crippen LogP contribution in [-0.4, -0.2) is 25.1 Å². The zero-order valence-corrected chi connectivity index (χ0v) is 18.8. The minimum Gasteiger partial charge on any atom is -0.326 e. The summed E-state index contributed by atoms with van der Waals surface area (Å²) >= 11 is 0. The number of rotatable bonds is 7. The molecule has 2 aromatic heterocycles. The number of amides is 1. The first-order chi connectivity index (χ1) is 16.7. The second-order valence-corrected chi connectivity index (χ2v) is 7.91. The Morgan fingerprint density at radius 2 is 1.89 bits per heavy atom. The van der Waals surface area contributed by atoms with Gasteiger partial charge in [0, 0.05) is 35.5 Å². The highest BCUT2D eigenvalue weighted by Gasteiger charge is 2.30. The molecule has 7 nitrogen and oxygen atoms in total. The van der Waals surface area contributed by atoms with E-state index in [0.717, 1.165) is 17.7 Å². The lowest BCUT2D eigenvalue weighted by Gasteiger charge is -2.14. The first-order valence-corrected chi connectivity index (χ1v) is 10.8. The van der Waals surface area contributed by atoms with Crippen molar-refractivity contribution in [2.24, 2.45) is 0 Å². The summed E-state index contributed by atoms with van der Waals surface area (Å²) in [7, 11) is 0. The van der Waals surface area contributed by atoms with Crippen LogP contribution in [0.2, 0.25) is 0 Å². The van der Waals surface area contributed by atoms with Crippen LogP contribution in [0.3, 0.4) is 0 Å². The summed E-state index contributed by atoms with van der Waals surface area (Å²) < 4.78 is 41.8. The number of hydrogen-bond donors (Lipinski definition) is 1. The van der Waals surface area contributed by atoms with Crippen LogP contribution in [0.1, 0.15) is 23.2 Å². The smallest absolute Gasteiger partial charge is 0.326 e. The fraction of sp³-hybridized carbons (Fsp3) is 0.200. The van der Waals surface area contributed by atoms with Gasteiger partial charge in [-0.05, 0) is 31.5 Å². The molecule has 35 heavy (non-hydrogen) atoms. The second kappa shape index (κ2) is 9.57. The number of carbonyl (C=O) groups excluding carboxylic acids is 1. The maximum absolute atomic E-state index is 13.2. The number of carbonyl (C=O) groups is 1. The van der Waals surface area contributed by atoms with Gasteiger partial charge in [-0.25, -0.2) is 0 Å². The molecule has 2 heterocycles.